The van der Waals surface area contributed by atoms with Crippen molar-refractivity contribution >= 4 is 46.8 Å². The molecule has 0 atom stereocenters. The fourth-order valence-electron chi connectivity index (χ4n) is 2.45. The van der Waals surface area contributed by atoms with Gasteiger partial charge in [0.1, 0.15) is 5.75 Å². The van der Waals surface area contributed by atoms with Crippen LogP contribution < -0.4 is 15.6 Å². The average molecular weight is 461 g/mol. The molecule has 2 amide bonds. The van der Waals surface area contributed by atoms with Crippen LogP contribution in [0.25, 0.3) is 0 Å². The van der Waals surface area contributed by atoms with Crippen LogP contribution in [-0.2, 0) is 10.5 Å². The van der Waals surface area contributed by atoms with Crippen LogP contribution in [0.15, 0.2) is 77.7 Å². The average Bonchev–Trinajstić information content (AvgIpc) is 2.76. The number of ether oxygens (including phenoxy) is 1. The number of hydrogen-bond donors (Lipinski definition) is 2. The second kappa shape index (κ2) is 10.9. The summed E-state index contributed by atoms with van der Waals surface area (Å²) in [5.41, 5.74) is 6.03. The van der Waals surface area contributed by atoms with Gasteiger partial charge in [-0.05, 0) is 42.0 Å². The van der Waals surface area contributed by atoms with Gasteiger partial charge in [0.25, 0.3) is 11.8 Å². The molecule has 2 N–H and O–H groups in total. The quantitative estimate of drug-likeness (QED) is 0.378. The van der Waals surface area contributed by atoms with E-state index in [4.69, 9.17) is 27.9 Å². The molecule has 3 aromatic rings. The highest BCUT2D eigenvalue weighted by Crippen LogP contribution is 2.31. The summed E-state index contributed by atoms with van der Waals surface area (Å²) in [6.45, 7) is -0.249. The third-order valence-electron chi connectivity index (χ3n) is 3.95. The fourth-order valence-corrected chi connectivity index (χ4v) is 3.76. The van der Waals surface area contributed by atoms with Crippen molar-refractivity contribution in [2.45, 2.75) is 10.6 Å². The number of halogens is 2. The molecule has 0 aliphatic carbocycles. The molecule has 0 aromatic heterocycles. The third-order valence-corrected chi connectivity index (χ3v) is 5.66. The predicted octanol–water partition coefficient (Wildman–Crippen LogP) is 5.13. The number of hydrazine groups is 1. The van der Waals surface area contributed by atoms with Gasteiger partial charge in [-0.25, -0.2) is 0 Å². The van der Waals surface area contributed by atoms with Crippen LogP contribution in [0.4, 0.5) is 0 Å². The summed E-state index contributed by atoms with van der Waals surface area (Å²) in [5, 5.41) is 0.993. The Morgan fingerprint density at radius 3 is 2.33 bits per heavy atom. The first-order valence-electron chi connectivity index (χ1n) is 8.95. The molecule has 8 heteroatoms. The van der Waals surface area contributed by atoms with Crippen molar-refractivity contribution in [1.82, 2.24) is 10.9 Å². The zero-order chi connectivity index (χ0) is 21.3. The maximum absolute atomic E-state index is 12.1. The van der Waals surface area contributed by atoms with Crippen molar-refractivity contribution in [2.24, 2.45) is 0 Å². The van der Waals surface area contributed by atoms with Gasteiger partial charge in [-0.15, -0.1) is 11.8 Å². The lowest BCUT2D eigenvalue weighted by Gasteiger charge is -2.12. The lowest BCUT2D eigenvalue weighted by Crippen LogP contribution is -2.43. The zero-order valence-corrected chi connectivity index (χ0v) is 18.1. The van der Waals surface area contributed by atoms with Crippen LogP contribution in [0.2, 0.25) is 10.0 Å². The minimum Gasteiger partial charge on any atom is -0.483 e. The van der Waals surface area contributed by atoms with Gasteiger partial charge in [0, 0.05) is 15.7 Å². The number of thioether (sulfide) groups is 1. The first-order chi connectivity index (χ1) is 14.5. The van der Waals surface area contributed by atoms with Gasteiger partial charge in [0.05, 0.1) is 10.6 Å². The van der Waals surface area contributed by atoms with E-state index in [-0.39, 0.29) is 12.2 Å². The summed E-state index contributed by atoms with van der Waals surface area (Å²) in [7, 11) is 0. The summed E-state index contributed by atoms with van der Waals surface area (Å²) >= 11 is 13.5. The number of amides is 2. The molecule has 0 unspecified atom stereocenters. The molecule has 5 nitrogen and oxygen atoms in total. The lowest BCUT2D eigenvalue weighted by molar-refractivity contribution is -0.123. The predicted molar refractivity (Wildman–Crippen MR) is 120 cm³/mol. The van der Waals surface area contributed by atoms with Crippen LogP contribution >= 0.6 is 35.0 Å². The van der Waals surface area contributed by atoms with E-state index in [1.807, 2.05) is 42.5 Å². The SMILES string of the molecule is O=C(COc1ccccc1SCc1ccc(Cl)cc1)NNC(=O)c1ccccc1Cl. The second-order valence-corrected chi connectivity index (χ2v) is 7.99. The van der Waals surface area contributed by atoms with Crippen molar-refractivity contribution in [3.05, 3.63) is 94.0 Å². The number of nitrogens with one attached hydrogen (secondary N) is 2. The fraction of sp³-hybridized carbons (Fsp3) is 0.0909. The molecule has 30 heavy (non-hydrogen) atoms. The van der Waals surface area contributed by atoms with Crippen molar-refractivity contribution in [2.75, 3.05) is 6.61 Å². The van der Waals surface area contributed by atoms with E-state index in [0.29, 0.717) is 15.8 Å². The van der Waals surface area contributed by atoms with Crippen molar-refractivity contribution < 1.29 is 14.3 Å². The Kier molecular flexibility index (Phi) is 8.02. The van der Waals surface area contributed by atoms with Crippen LogP contribution in [0.5, 0.6) is 5.75 Å². The van der Waals surface area contributed by atoms with Crippen LogP contribution in [0.3, 0.4) is 0 Å². The minimum absolute atomic E-state index is 0.249. The van der Waals surface area contributed by atoms with E-state index in [0.717, 1.165) is 16.2 Å². The van der Waals surface area contributed by atoms with Gasteiger partial charge in [-0.1, -0.05) is 59.6 Å². The normalized spacial score (nSPS) is 10.3. The molecule has 3 aromatic carbocycles. The summed E-state index contributed by atoms with van der Waals surface area (Å²) in [6, 6.07) is 21.6. The summed E-state index contributed by atoms with van der Waals surface area (Å²) in [6.07, 6.45) is 0. The largest absolute Gasteiger partial charge is 0.483 e. The van der Waals surface area contributed by atoms with Gasteiger partial charge >= 0.3 is 0 Å². The number of para-hydroxylation sites is 1. The number of hydrogen-bond acceptors (Lipinski definition) is 4. The van der Waals surface area contributed by atoms with Gasteiger partial charge in [0.2, 0.25) is 0 Å². The molecule has 0 heterocycles. The van der Waals surface area contributed by atoms with E-state index < -0.39 is 11.8 Å². The lowest BCUT2D eigenvalue weighted by atomic mass is 10.2. The standard InChI is InChI=1S/C22H18Cl2N2O3S/c23-16-11-9-15(10-12-16)14-30-20-8-4-3-7-19(20)29-13-21(27)25-26-22(28)17-5-1-2-6-18(17)24/h1-12H,13-14H2,(H,25,27)(H,26,28). The Morgan fingerprint density at radius 2 is 1.57 bits per heavy atom. The molecule has 0 spiro atoms. The molecule has 0 radical (unpaired) electrons. The van der Waals surface area contributed by atoms with Gasteiger partial charge in [-0.3, -0.25) is 20.4 Å². The topological polar surface area (TPSA) is 67.4 Å². The first kappa shape index (κ1) is 22.0. The molecule has 0 fully saturated rings. The monoisotopic (exact) mass is 460 g/mol. The molecular weight excluding hydrogens is 443 g/mol. The van der Waals surface area contributed by atoms with E-state index in [2.05, 4.69) is 10.9 Å². The third kappa shape index (κ3) is 6.42. The van der Waals surface area contributed by atoms with E-state index in [1.54, 1.807) is 42.1 Å². The Morgan fingerprint density at radius 1 is 0.867 bits per heavy atom. The maximum atomic E-state index is 12.1. The molecule has 0 aliphatic rings. The number of rotatable bonds is 7. The van der Waals surface area contributed by atoms with Gasteiger partial charge < -0.3 is 4.74 Å². The van der Waals surface area contributed by atoms with E-state index in [1.165, 1.54) is 0 Å². The highest BCUT2D eigenvalue weighted by atomic mass is 35.5. The summed E-state index contributed by atoms with van der Waals surface area (Å²) in [5.74, 6) is 0.322. The molecular formula is C22H18Cl2N2O3S. The van der Waals surface area contributed by atoms with Gasteiger partial charge in [0.15, 0.2) is 6.61 Å². The van der Waals surface area contributed by atoms with Crippen LogP contribution in [0.1, 0.15) is 15.9 Å². The first-order valence-corrected chi connectivity index (χ1v) is 10.7. The highest BCUT2D eigenvalue weighted by Gasteiger charge is 2.12. The number of benzene rings is 3. The van der Waals surface area contributed by atoms with Crippen molar-refractivity contribution in [3.63, 3.8) is 0 Å². The van der Waals surface area contributed by atoms with Crippen LogP contribution in [-0.4, -0.2) is 18.4 Å². The smallest absolute Gasteiger partial charge is 0.276 e. The maximum Gasteiger partial charge on any atom is 0.276 e. The summed E-state index contributed by atoms with van der Waals surface area (Å²) < 4.78 is 5.64. The Labute approximate surface area is 188 Å². The molecule has 3 rings (SSSR count). The zero-order valence-electron chi connectivity index (χ0n) is 15.7. The number of carbonyl (C=O) groups excluding carboxylic acids is 2. The van der Waals surface area contributed by atoms with Gasteiger partial charge in [-0.2, -0.15) is 0 Å². The Hall–Kier alpha value is -2.67. The molecule has 0 saturated heterocycles. The van der Waals surface area contributed by atoms with Crippen molar-refractivity contribution in [1.29, 1.82) is 0 Å². The van der Waals surface area contributed by atoms with Crippen LogP contribution in [0, 0.1) is 0 Å². The Bertz CT molecular complexity index is 1030. The van der Waals surface area contributed by atoms with E-state index in [9.17, 15) is 9.59 Å². The Balaban J connectivity index is 1.50. The second-order valence-electron chi connectivity index (χ2n) is 6.13. The van der Waals surface area contributed by atoms with Crippen molar-refractivity contribution in [3.8, 4) is 5.75 Å². The number of carbonyl (C=O) groups is 2. The molecule has 154 valence electrons. The van der Waals surface area contributed by atoms with E-state index >= 15 is 0 Å². The molecule has 0 bridgehead atoms. The summed E-state index contributed by atoms with van der Waals surface area (Å²) in [4.78, 5) is 25.0. The minimum atomic E-state index is -0.507. The molecule has 0 aliphatic heterocycles. The molecule has 0 saturated carbocycles. The highest BCUT2D eigenvalue weighted by molar-refractivity contribution is 7.98.